The molecule has 1 heterocycles. The maximum Gasteiger partial charge on any atom is 0.182 e. The predicted octanol–water partition coefficient (Wildman–Crippen LogP) is 3.20. The Balaban J connectivity index is 2.44. The highest BCUT2D eigenvalue weighted by Crippen LogP contribution is 2.37. The maximum absolute atomic E-state index is 13.8. The first-order valence-electron chi connectivity index (χ1n) is 5.57. The number of benzene rings is 1. The molecule has 1 aliphatic heterocycles. The molecule has 0 bridgehead atoms. The largest absolute Gasteiger partial charge is 0.493 e. The van der Waals surface area contributed by atoms with Crippen LogP contribution in [-0.2, 0) is 0 Å². The molecular formula is C12H14BrF2NO. The number of hydrogen-bond donors (Lipinski definition) is 1. The van der Waals surface area contributed by atoms with E-state index in [0.717, 1.165) is 25.9 Å². The van der Waals surface area contributed by atoms with Crippen LogP contribution in [0, 0.1) is 11.6 Å². The first-order valence-corrected chi connectivity index (χ1v) is 6.36. The van der Waals surface area contributed by atoms with Crippen molar-refractivity contribution < 1.29 is 13.5 Å². The molecule has 1 aromatic carbocycles. The van der Waals surface area contributed by atoms with Crippen molar-refractivity contribution in [2.24, 2.45) is 0 Å². The van der Waals surface area contributed by atoms with Crippen LogP contribution in [0.25, 0.3) is 0 Å². The molecule has 2 nitrogen and oxygen atoms in total. The lowest BCUT2D eigenvalue weighted by Crippen LogP contribution is -2.28. The normalized spacial score (nSPS) is 20.4. The fourth-order valence-corrected chi connectivity index (χ4v) is 2.52. The first-order chi connectivity index (χ1) is 8.15. The van der Waals surface area contributed by atoms with Crippen molar-refractivity contribution in [2.75, 3.05) is 20.2 Å². The summed E-state index contributed by atoms with van der Waals surface area (Å²) in [5, 5.41) is 3.23. The second-order valence-electron chi connectivity index (χ2n) is 4.15. The van der Waals surface area contributed by atoms with Gasteiger partial charge in [0, 0.05) is 18.0 Å². The lowest BCUT2D eigenvalue weighted by molar-refractivity contribution is 0.363. The third kappa shape index (κ3) is 2.45. The second kappa shape index (κ2) is 5.31. The zero-order chi connectivity index (χ0) is 12.4. The van der Waals surface area contributed by atoms with Gasteiger partial charge in [-0.05, 0) is 41.4 Å². The summed E-state index contributed by atoms with van der Waals surface area (Å²) < 4.78 is 32.3. The molecule has 1 unspecified atom stereocenters. The number of rotatable bonds is 2. The Hall–Kier alpha value is -0.680. The Morgan fingerprint density at radius 2 is 2.24 bits per heavy atom. The van der Waals surface area contributed by atoms with Crippen LogP contribution in [0.15, 0.2) is 10.5 Å². The summed E-state index contributed by atoms with van der Waals surface area (Å²) in [5.74, 6) is -0.986. The van der Waals surface area contributed by atoms with E-state index in [2.05, 4.69) is 21.2 Å². The molecular weight excluding hydrogens is 292 g/mol. The minimum Gasteiger partial charge on any atom is -0.493 e. The zero-order valence-electron chi connectivity index (χ0n) is 9.53. The first kappa shape index (κ1) is 12.8. The van der Waals surface area contributed by atoms with E-state index in [0.29, 0.717) is 5.56 Å². The highest BCUT2D eigenvalue weighted by Gasteiger charge is 2.24. The molecule has 1 saturated heterocycles. The summed E-state index contributed by atoms with van der Waals surface area (Å²) in [6, 6.07) is 1.36. The van der Waals surface area contributed by atoms with Crippen molar-refractivity contribution in [1.29, 1.82) is 0 Å². The minimum atomic E-state index is -0.659. The fraction of sp³-hybridized carbons (Fsp3) is 0.500. The van der Waals surface area contributed by atoms with Crippen LogP contribution in [0.2, 0.25) is 0 Å². The van der Waals surface area contributed by atoms with E-state index in [-0.39, 0.29) is 16.1 Å². The van der Waals surface area contributed by atoms with E-state index in [1.54, 1.807) is 0 Å². The zero-order valence-corrected chi connectivity index (χ0v) is 11.1. The number of hydrogen-bond acceptors (Lipinski definition) is 2. The van der Waals surface area contributed by atoms with Crippen LogP contribution in [0.3, 0.4) is 0 Å². The molecule has 1 atom stereocenters. The molecule has 17 heavy (non-hydrogen) atoms. The number of nitrogens with one attached hydrogen (secondary N) is 1. The molecule has 94 valence electrons. The molecule has 0 aliphatic carbocycles. The Kier molecular flexibility index (Phi) is 3.99. The monoisotopic (exact) mass is 305 g/mol. The molecule has 1 N–H and O–H groups in total. The molecule has 0 spiro atoms. The summed E-state index contributed by atoms with van der Waals surface area (Å²) in [4.78, 5) is 0. The molecule has 5 heteroatoms. The lowest BCUT2D eigenvalue weighted by Gasteiger charge is -2.25. The van der Waals surface area contributed by atoms with Crippen molar-refractivity contribution >= 4 is 15.9 Å². The van der Waals surface area contributed by atoms with Crippen molar-refractivity contribution in [3.05, 3.63) is 27.7 Å². The standard InChI is InChI=1S/C12H14BrF2NO/c1-17-12-8(7-3-2-4-16-6-7)5-9(14)10(13)11(12)15/h5,7,16H,2-4,6H2,1H3. The minimum absolute atomic E-state index is 0.107. The number of piperidine rings is 1. The third-order valence-electron chi connectivity index (χ3n) is 3.09. The maximum atomic E-state index is 13.8. The summed E-state index contributed by atoms with van der Waals surface area (Å²) in [5.41, 5.74) is 0.609. The Morgan fingerprint density at radius 1 is 1.47 bits per heavy atom. The second-order valence-corrected chi connectivity index (χ2v) is 4.95. The average Bonchev–Trinajstić information content (AvgIpc) is 2.36. The molecule has 1 aromatic rings. The van der Waals surface area contributed by atoms with E-state index >= 15 is 0 Å². The summed E-state index contributed by atoms with van der Waals surface area (Å²) in [7, 11) is 1.41. The van der Waals surface area contributed by atoms with E-state index in [9.17, 15) is 8.78 Å². The molecule has 2 rings (SSSR count). The van der Waals surface area contributed by atoms with Gasteiger partial charge in [0.2, 0.25) is 0 Å². The van der Waals surface area contributed by atoms with Gasteiger partial charge in [-0.15, -0.1) is 0 Å². The average molecular weight is 306 g/mol. The number of methoxy groups -OCH3 is 1. The van der Waals surface area contributed by atoms with Crippen molar-refractivity contribution in [1.82, 2.24) is 5.32 Å². The summed E-state index contributed by atoms with van der Waals surface area (Å²) in [6.45, 7) is 1.69. The molecule has 0 saturated carbocycles. The summed E-state index contributed by atoms with van der Waals surface area (Å²) >= 11 is 2.88. The van der Waals surface area contributed by atoms with Crippen molar-refractivity contribution in [2.45, 2.75) is 18.8 Å². The Morgan fingerprint density at radius 3 is 2.82 bits per heavy atom. The van der Waals surface area contributed by atoms with Gasteiger partial charge in [0.25, 0.3) is 0 Å². The van der Waals surface area contributed by atoms with Gasteiger partial charge in [-0.25, -0.2) is 8.78 Å². The highest BCUT2D eigenvalue weighted by atomic mass is 79.9. The van der Waals surface area contributed by atoms with Crippen LogP contribution < -0.4 is 10.1 Å². The van der Waals surface area contributed by atoms with Crippen LogP contribution in [0.1, 0.15) is 24.3 Å². The van der Waals surface area contributed by atoms with Gasteiger partial charge in [0.1, 0.15) is 5.82 Å². The van der Waals surface area contributed by atoms with Crippen LogP contribution in [-0.4, -0.2) is 20.2 Å². The van der Waals surface area contributed by atoms with E-state index in [1.807, 2.05) is 0 Å². The highest BCUT2D eigenvalue weighted by molar-refractivity contribution is 9.10. The van der Waals surface area contributed by atoms with Crippen molar-refractivity contribution in [3.8, 4) is 5.75 Å². The van der Waals surface area contributed by atoms with Gasteiger partial charge in [-0.2, -0.15) is 0 Å². The quantitative estimate of drug-likeness (QED) is 0.847. The van der Waals surface area contributed by atoms with Crippen LogP contribution in [0.5, 0.6) is 5.75 Å². The molecule has 0 amide bonds. The van der Waals surface area contributed by atoms with Crippen LogP contribution >= 0.6 is 15.9 Å². The lowest BCUT2D eigenvalue weighted by atomic mass is 9.91. The topological polar surface area (TPSA) is 21.3 Å². The third-order valence-corrected chi connectivity index (χ3v) is 3.81. The smallest absolute Gasteiger partial charge is 0.182 e. The molecule has 1 aliphatic rings. The van der Waals surface area contributed by atoms with Crippen molar-refractivity contribution in [3.63, 3.8) is 0 Å². The SMILES string of the molecule is COc1c(C2CCCNC2)cc(F)c(Br)c1F. The van der Waals surface area contributed by atoms with Gasteiger partial charge in [-0.1, -0.05) is 0 Å². The van der Waals surface area contributed by atoms with Gasteiger partial charge in [0.05, 0.1) is 11.6 Å². The molecule has 1 fully saturated rings. The molecule has 0 aromatic heterocycles. The van der Waals surface area contributed by atoms with E-state index in [4.69, 9.17) is 4.74 Å². The Bertz CT molecular complexity index is 419. The van der Waals surface area contributed by atoms with Gasteiger partial charge in [-0.3, -0.25) is 0 Å². The van der Waals surface area contributed by atoms with Gasteiger partial charge < -0.3 is 10.1 Å². The predicted molar refractivity (Wildman–Crippen MR) is 65.5 cm³/mol. The molecule has 0 radical (unpaired) electrons. The Labute approximate surface area is 107 Å². The van der Waals surface area contributed by atoms with E-state index in [1.165, 1.54) is 13.2 Å². The summed E-state index contributed by atoms with van der Waals surface area (Å²) in [6.07, 6.45) is 1.93. The van der Waals surface area contributed by atoms with Crippen LogP contribution in [0.4, 0.5) is 8.78 Å². The van der Waals surface area contributed by atoms with Gasteiger partial charge >= 0.3 is 0 Å². The number of halogens is 3. The van der Waals surface area contributed by atoms with Gasteiger partial charge in [0.15, 0.2) is 11.6 Å². The van der Waals surface area contributed by atoms with E-state index < -0.39 is 11.6 Å². The number of ether oxygens (including phenoxy) is 1. The fourth-order valence-electron chi connectivity index (χ4n) is 2.22.